The highest BCUT2D eigenvalue weighted by atomic mass is 16.3. The molecule has 1 aromatic heterocycles. The zero-order valence-corrected chi connectivity index (χ0v) is 37.5. The maximum absolute atomic E-state index is 6.95. The molecule has 0 atom stereocenters. The first-order valence-corrected chi connectivity index (χ1v) is 23.1. The summed E-state index contributed by atoms with van der Waals surface area (Å²) in [6, 6.07) is 78.5. The molecule has 65 heavy (non-hydrogen) atoms. The van der Waals surface area contributed by atoms with E-state index in [1.54, 1.807) is 0 Å². The summed E-state index contributed by atoms with van der Waals surface area (Å²) in [6.07, 6.45) is 2.29. The molecule has 0 amide bonds. The Bertz CT molecular complexity index is 3320. The van der Waals surface area contributed by atoms with Gasteiger partial charge in [-0.2, -0.15) is 0 Å². The molecule has 2 aliphatic carbocycles. The Morgan fingerprint density at radius 2 is 0.923 bits per heavy atom. The van der Waals surface area contributed by atoms with Gasteiger partial charge in [-0.15, -0.1) is 0 Å². The highest BCUT2D eigenvalue weighted by Crippen LogP contribution is 2.58. The van der Waals surface area contributed by atoms with E-state index in [1.165, 1.54) is 55.6 Å². The molecule has 0 spiro atoms. The zero-order chi connectivity index (χ0) is 43.9. The lowest BCUT2D eigenvalue weighted by Gasteiger charge is -2.41. The summed E-state index contributed by atoms with van der Waals surface area (Å²) >= 11 is 0. The molecule has 12 rings (SSSR count). The second kappa shape index (κ2) is 14.8. The maximum atomic E-state index is 6.95. The van der Waals surface area contributed by atoms with Gasteiger partial charge in [-0.1, -0.05) is 185 Å². The van der Waals surface area contributed by atoms with Gasteiger partial charge in [0, 0.05) is 16.8 Å². The van der Waals surface area contributed by atoms with Gasteiger partial charge in [0.15, 0.2) is 0 Å². The minimum Gasteiger partial charge on any atom is -0.456 e. The number of furan rings is 1. The molecule has 0 radical (unpaired) electrons. The molecule has 0 saturated carbocycles. The van der Waals surface area contributed by atoms with E-state index in [1.807, 2.05) is 0 Å². The lowest BCUT2D eigenvalue weighted by Crippen LogP contribution is -2.33. The molecule has 314 valence electrons. The van der Waals surface area contributed by atoms with Crippen molar-refractivity contribution in [3.63, 3.8) is 0 Å². The van der Waals surface area contributed by atoms with Gasteiger partial charge in [0.2, 0.25) is 0 Å². The van der Waals surface area contributed by atoms with Gasteiger partial charge < -0.3 is 9.32 Å². The molecule has 0 saturated heterocycles. The van der Waals surface area contributed by atoms with Crippen LogP contribution in [0.1, 0.15) is 73.9 Å². The molecule has 0 unspecified atom stereocenters. The smallest absolute Gasteiger partial charge is 0.137 e. The molecular formula is C63H51NO. The first-order chi connectivity index (χ1) is 31.7. The third-order valence-corrected chi connectivity index (χ3v) is 14.8. The topological polar surface area (TPSA) is 16.4 Å². The van der Waals surface area contributed by atoms with Gasteiger partial charge in [0.1, 0.15) is 11.2 Å². The zero-order valence-electron chi connectivity index (χ0n) is 37.5. The van der Waals surface area contributed by atoms with Crippen molar-refractivity contribution < 1.29 is 4.42 Å². The average Bonchev–Trinajstić information content (AvgIpc) is 3.87. The minimum atomic E-state index is -0.494. The van der Waals surface area contributed by atoms with Crippen LogP contribution in [0.25, 0.3) is 55.3 Å². The van der Waals surface area contributed by atoms with E-state index in [2.05, 4.69) is 245 Å². The number of hydrogen-bond acceptors (Lipinski definition) is 2. The van der Waals surface area contributed by atoms with Gasteiger partial charge in [-0.3, -0.25) is 0 Å². The monoisotopic (exact) mass is 837 g/mol. The predicted molar refractivity (Wildman–Crippen MR) is 272 cm³/mol. The number of nitrogens with zero attached hydrogens (tertiary/aromatic N) is 1. The molecule has 0 bridgehead atoms. The Morgan fingerprint density at radius 3 is 1.54 bits per heavy atom. The Balaban J connectivity index is 1.17. The first kappa shape index (κ1) is 39.2. The summed E-state index contributed by atoms with van der Waals surface area (Å²) in [6.45, 7) is 9.61. The van der Waals surface area contributed by atoms with Crippen LogP contribution in [0.2, 0.25) is 0 Å². The van der Waals surface area contributed by atoms with E-state index in [9.17, 15) is 0 Å². The van der Waals surface area contributed by atoms with E-state index in [0.717, 1.165) is 63.0 Å². The number of fused-ring (bicyclic) bond motifs is 7. The second-order valence-corrected chi connectivity index (χ2v) is 19.5. The number of rotatable bonds is 7. The van der Waals surface area contributed by atoms with Crippen molar-refractivity contribution in [3.8, 4) is 33.4 Å². The quantitative estimate of drug-likeness (QED) is 0.159. The van der Waals surface area contributed by atoms with Crippen molar-refractivity contribution in [2.45, 2.75) is 56.8 Å². The Morgan fingerprint density at radius 1 is 0.385 bits per heavy atom. The van der Waals surface area contributed by atoms with Crippen molar-refractivity contribution in [2.75, 3.05) is 4.90 Å². The largest absolute Gasteiger partial charge is 0.456 e. The molecule has 2 heteroatoms. The van der Waals surface area contributed by atoms with Crippen LogP contribution in [0.5, 0.6) is 0 Å². The molecule has 10 aromatic rings. The van der Waals surface area contributed by atoms with Crippen LogP contribution in [0.15, 0.2) is 217 Å². The molecule has 0 fully saturated rings. The number of hydrogen-bond donors (Lipinski definition) is 0. The van der Waals surface area contributed by atoms with E-state index >= 15 is 0 Å². The third-order valence-electron chi connectivity index (χ3n) is 14.8. The first-order valence-electron chi connectivity index (χ1n) is 23.1. The van der Waals surface area contributed by atoms with Crippen molar-refractivity contribution in [3.05, 3.63) is 246 Å². The van der Waals surface area contributed by atoms with Gasteiger partial charge in [-0.25, -0.2) is 0 Å². The fourth-order valence-electron chi connectivity index (χ4n) is 11.4. The standard InChI is InChI=1S/C63H51NO/c1-61(2)34-35-62(3,4)56-41-59-52(40-55(56)61)60-57(30-19-31-58(60)65-59)64(49-37-44(42-20-9-5-10-21-42)36-45(38-49)43-22-11-6-12-23-43)48-32-33-54-51(39-48)50-28-17-18-29-53(50)63(54,46-24-13-7-14-25-46)47-26-15-8-16-27-47/h5-33,36-41H,34-35H2,1-4H3. The summed E-state index contributed by atoms with van der Waals surface area (Å²) in [5.74, 6) is 0. The Hall–Kier alpha value is -7.42. The predicted octanol–water partition coefficient (Wildman–Crippen LogP) is 17.1. The second-order valence-electron chi connectivity index (χ2n) is 19.5. The molecule has 9 aromatic carbocycles. The van der Waals surface area contributed by atoms with Gasteiger partial charge in [0.25, 0.3) is 0 Å². The van der Waals surface area contributed by atoms with Crippen LogP contribution in [-0.2, 0) is 16.2 Å². The summed E-state index contributed by atoms with van der Waals surface area (Å²) in [4.78, 5) is 2.50. The summed E-state index contributed by atoms with van der Waals surface area (Å²) in [5.41, 5.74) is 19.8. The molecule has 2 aliphatic rings. The van der Waals surface area contributed by atoms with Crippen molar-refractivity contribution in [2.24, 2.45) is 0 Å². The van der Waals surface area contributed by atoms with E-state index in [0.29, 0.717) is 0 Å². The van der Waals surface area contributed by atoms with Crippen molar-refractivity contribution >= 4 is 39.0 Å². The summed E-state index contributed by atoms with van der Waals surface area (Å²) in [5, 5.41) is 2.28. The van der Waals surface area contributed by atoms with Crippen molar-refractivity contribution in [1.29, 1.82) is 0 Å². The van der Waals surface area contributed by atoms with Crippen LogP contribution in [-0.4, -0.2) is 0 Å². The fraction of sp³-hybridized carbons (Fsp3) is 0.143. The Kier molecular flexibility index (Phi) is 8.94. The van der Waals surface area contributed by atoms with Crippen LogP contribution in [0.3, 0.4) is 0 Å². The van der Waals surface area contributed by atoms with E-state index in [-0.39, 0.29) is 10.8 Å². The van der Waals surface area contributed by atoms with Crippen LogP contribution >= 0.6 is 0 Å². The van der Waals surface area contributed by atoms with Crippen LogP contribution in [0, 0.1) is 0 Å². The number of anilines is 3. The highest BCUT2D eigenvalue weighted by Gasteiger charge is 2.46. The van der Waals surface area contributed by atoms with Gasteiger partial charge >= 0.3 is 0 Å². The molecule has 1 heterocycles. The van der Waals surface area contributed by atoms with Crippen molar-refractivity contribution in [1.82, 2.24) is 0 Å². The molecule has 2 nitrogen and oxygen atoms in total. The van der Waals surface area contributed by atoms with E-state index < -0.39 is 5.41 Å². The fourth-order valence-corrected chi connectivity index (χ4v) is 11.4. The van der Waals surface area contributed by atoms with Gasteiger partial charge in [0.05, 0.1) is 16.5 Å². The van der Waals surface area contributed by atoms with Gasteiger partial charge in [-0.05, 0) is 145 Å². The minimum absolute atomic E-state index is 0.0449. The highest BCUT2D eigenvalue weighted by molar-refractivity contribution is 6.14. The van der Waals surface area contributed by atoms with Crippen LogP contribution in [0.4, 0.5) is 17.1 Å². The summed E-state index contributed by atoms with van der Waals surface area (Å²) < 4.78 is 6.95. The SMILES string of the molecule is CC1(C)CCC(C)(C)c2cc3c(cc21)oc1cccc(N(c2cc(-c4ccccc4)cc(-c4ccccc4)c2)c2ccc4c(c2)-c2ccccc2C4(c2ccccc2)c2ccccc2)c13. The lowest BCUT2D eigenvalue weighted by atomic mass is 9.63. The molecule has 0 aliphatic heterocycles. The average molecular weight is 838 g/mol. The maximum Gasteiger partial charge on any atom is 0.137 e. The normalized spacial score (nSPS) is 15.3. The van der Waals surface area contributed by atoms with Crippen LogP contribution < -0.4 is 4.90 Å². The number of benzene rings is 9. The third kappa shape index (κ3) is 6.15. The van der Waals surface area contributed by atoms with E-state index in [4.69, 9.17) is 4.42 Å². The summed E-state index contributed by atoms with van der Waals surface area (Å²) in [7, 11) is 0. The Labute approximate surface area is 382 Å². The molecule has 0 N–H and O–H groups in total. The lowest BCUT2D eigenvalue weighted by molar-refractivity contribution is 0.332. The molecular weight excluding hydrogens is 787 g/mol.